The van der Waals surface area contributed by atoms with Crippen LogP contribution in [0.25, 0.3) is 22.6 Å². The number of hydrogen-bond donors (Lipinski definition) is 0. The van der Waals surface area contributed by atoms with E-state index in [0.29, 0.717) is 12.5 Å². The molecule has 4 rings (SSSR count). The summed E-state index contributed by atoms with van der Waals surface area (Å²) in [6.45, 7) is 0.487. The first-order valence-electron chi connectivity index (χ1n) is 7.72. The number of nitrogens with zero attached hydrogens (tertiary/aromatic N) is 1. The summed E-state index contributed by atoms with van der Waals surface area (Å²) in [5.41, 5.74) is 3.47. The number of ether oxygens (including phenoxy) is 1. The van der Waals surface area contributed by atoms with Crippen LogP contribution < -0.4 is 4.74 Å². The molecule has 1 aromatic heterocycles. The standard InChI is InChI=1S/C20H13Br2NO2/c21-14-6-8-18(24-12-13-4-2-1-3-5-13)16(10-14)20-23-17-11-15(22)7-9-19(17)25-20/h1-11H,12H2. The first-order valence-corrected chi connectivity index (χ1v) is 9.30. The van der Waals surface area contributed by atoms with Crippen molar-refractivity contribution in [3.8, 4) is 17.2 Å². The number of rotatable bonds is 4. The Kier molecular flexibility index (Phi) is 4.59. The lowest BCUT2D eigenvalue weighted by molar-refractivity contribution is 0.306. The fourth-order valence-corrected chi connectivity index (χ4v) is 3.26. The van der Waals surface area contributed by atoms with Crippen LogP contribution in [0.5, 0.6) is 5.75 Å². The minimum Gasteiger partial charge on any atom is -0.488 e. The van der Waals surface area contributed by atoms with Crippen LogP contribution in [0.2, 0.25) is 0 Å². The first-order chi connectivity index (χ1) is 12.2. The Labute approximate surface area is 161 Å². The zero-order valence-corrected chi connectivity index (χ0v) is 16.2. The number of oxazole rings is 1. The number of fused-ring (bicyclic) bond motifs is 1. The topological polar surface area (TPSA) is 35.3 Å². The Hall–Kier alpha value is -2.11. The van der Waals surface area contributed by atoms with Gasteiger partial charge in [-0.15, -0.1) is 0 Å². The van der Waals surface area contributed by atoms with E-state index in [4.69, 9.17) is 9.15 Å². The third kappa shape index (κ3) is 3.62. The van der Waals surface area contributed by atoms with Gasteiger partial charge < -0.3 is 9.15 Å². The quantitative estimate of drug-likeness (QED) is 0.345. The molecule has 1 heterocycles. The van der Waals surface area contributed by atoms with Crippen LogP contribution >= 0.6 is 31.9 Å². The van der Waals surface area contributed by atoms with E-state index in [1.54, 1.807) is 0 Å². The van der Waals surface area contributed by atoms with Gasteiger partial charge >= 0.3 is 0 Å². The smallest absolute Gasteiger partial charge is 0.231 e. The van der Waals surface area contributed by atoms with E-state index in [-0.39, 0.29) is 0 Å². The second-order valence-corrected chi connectivity index (χ2v) is 7.38. The fraction of sp³-hybridized carbons (Fsp3) is 0.0500. The maximum absolute atomic E-state index is 6.02. The summed E-state index contributed by atoms with van der Waals surface area (Å²) < 4.78 is 13.9. The van der Waals surface area contributed by atoms with Crippen LogP contribution in [-0.2, 0) is 6.61 Å². The Morgan fingerprint density at radius 3 is 2.48 bits per heavy atom. The minimum absolute atomic E-state index is 0.487. The van der Waals surface area contributed by atoms with Gasteiger partial charge in [-0.25, -0.2) is 4.98 Å². The highest BCUT2D eigenvalue weighted by Crippen LogP contribution is 2.35. The Balaban J connectivity index is 1.71. The van der Waals surface area contributed by atoms with Crippen molar-refractivity contribution >= 4 is 43.0 Å². The molecule has 0 spiro atoms. The van der Waals surface area contributed by atoms with Gasteiger partial charge in [0.2, 0.25) is 5.89 Å². The van der Waals surface area contributed by atoms with Crippen molar-refractivity contribution in [3.63, 3.8) is 0 Å². The molecule has 3 aromatic carbocycles. The summed E-state index contributed by atoms with van der Waals surface area (Å²) in [6.07, 6.45) is 0. The summed E-state index contributed by atoms with van der Waals surface area (Å²) in [4.78, 5) is 4.60. The summed E-state index contributed by atoms with van der Waals surface area (Å²) in [5.74, 6) is 1.27. The van der Waals surface area contributed by atoms with E-state index >= 15 is 0 Å². The lowest BCUT2D eigenvalue weighted by Crippen LogP contribution is -1.97. The first kappa shape index (κ1) is 16.4. The molecule has 25 heavy (non-hydrogen) atoms. The van der Waals surface area contributed by atoms with E-state index in [2.05, 4.69) is 36.8 Å². The van der Waals surface area contributed by atoms with E-state index in [0.717, 1.165) is 36.9 Å². The Morgan fingerprint density at radius 2 is 1.64 bits per heavy atom. The Bertz CT molecular complexity index is 1030. The molecule has 0 fully saturated rings. The average molecular weight is 459 g/mol. The number of hydrogen-bond acceptors (Lipinski definition) is 3. The summed E-state index contributed by atoms with van der Waals surface area (Å²) >= 11 is 6.97. The molecule has 4 aromatic rings. The van der Waals surface area contributed by atoms with Crippen molar-refractivity contribution in [2.24, 2.45) is 0 Å². The van der Waals surface area contributed by atoms with E-state index < -0.39 is 0 Å². The largest absolute Gasteiger partial charge is 0.488 e. The highest BCUT2D eigenvalue weighted by Gasteiger charge is 2.14. The van der Waals surface area contributed by atoms with Crippen molar-refractivity contribution in [1.29, 1.82) is 0 Å². The van der Waals surface area contributed by atoms with Crippen molar-refractivity contribution < 1.29 is 9.15 Å². The molecule has 0 atom stereocenters. The van der Waals surface area contributed by atoms with E-state index in [1.807, 2.05) is 66.7 Å². The zero-order chi connectivity index (χ0) is 17.2. The minimum atomic E-state index is 0.487. The molecule has 0 unspecified atom stereocenters. The SMILES string of the molecule is Brc1ccc(OCc2ccccc2)c(-c2nc3cc(Br)ccc3o2)c1. The van der Waals surface area contributed by atoms with Crippen molar-refractivity contribution in [1.82, 2.24) is 4.98 Å². The molecule has 124 valence electrons. The molecule has 0 saturated heterocycles. The van der Waals surface area contributed by atoms with Gasteiger partial charge in [0.25, 0.3) is 0 Å². The molecule has 5 heteroatoms. The molecule has 0 aliphatic heterocycles. The number of halogens is 2. The molecule has 0 bridgehead atoms. The van der Waals surface area contributed by atoms with Crippen molar-refractivity contribution in [2.45, 2.75) is 6.61 Å². The molecule has 0 N–H and O–H groups in total. The van der Waals surface area contributed by atoms with Gasteiger partial charge in [-0.2, -0.15) is 0 Å². The van der Waals surface area contributed by atoms with Gasteiger partial charge in [-0.1, -0.05) is 62.2 Å². The predicted octanol–water partition coefficient (Wildman–Crippen LogP) is 6.60. The normalized spacial score (nSPS) is 11.0. The van der Waals surface area contributed by atoms with Crippen LogP contribution in [0.15, 0.2) is 80.1 Å². The van der Waals surface area contributed by atoms with Crippen LogP contribution in [0.4, 0.5) is 0 Å². The van der Waals surface area contributed by atoms with Crippen LogP contribution in [0.1, 0.15) is 5.56 Å². The van der Waals surface area contributed by atoms with Gasteiger partial charge in [0.05, 0.1) is 5.56 Å². The third-order valence-electron chi connectivity index (χ3n) is 3.76. The molecule has 0 aliphatic carbocycles. The second-order valence-electron chi connectivity index (χ2n) is 5.55. The van der Waals surface area contributed by atoms with Gasteiger partial charge in [-0.3, -0.25) is 0 Å². The van der Waals surface area contributed by atoms with Gasteiger partial charge in [-0.05, 0) is 42.0 Å². The Morgan fingerprint density at radius 1 is 0.880 bits per heavy atom. The molecule has 0 aliphatic rings. The third-order valence-corrected chi connectivity index (χ3v) is 4.75. The van der Waals surface area contributed by atoms with Crippen molar-refractivity contribution in [2.75, 3.05) is 0 Å². The molecule has 3 nitrogen and oxygen atoms in total. The van der Waals surface area contributed by atoms with Gasteiger partial charge in [0, 0.05) is 8.95 Å². The lowest BCUT2D eigenvalue weighted by atomic mass is 10.2. The van der Waals surface area contributed by atoms with Crippen LogP contribution in [-0.4, -0.2) is 4.98 Å². The molecular formula is C20H13Br2NO2. The zero-order valence-electron chi connectivity index (χ0n) is 13.1. The highest BCUT2D eigenvalue weighted by molar-refractivity contribution is 9.10. The maximum Gasteiger partial charge on any atom is 0.231 e. The fourth-order valence-electron chi connectivity index (χ4n) is 2.55. The summed E-state index contributed by atoms with van der Waals surface area (Å²) in [5, 5.41) is 0. The van der Waals surface area contributed by atoms with Gasteiger partial charge in [0.1, 0.15) is 17.9 Å². The second kappa shape index (κ2) is 7.02. The van der Waals surface area contributed by atoms with E-state index in [9.17, 15) is 0 Å². The predicted molar refractivity (Wildman–Crippen MR) is 106 cm³/mol. The molecule has 0 saturated carbocycles. The summed E-state index contributed by atoms with van der Waals surface area (Å²) in [7, 11) is 0. The maximum atomic E-state index is 6.02. The molecular weight excluding hydrogens is 446 g/mol. The highest BCUT2D eigenvalue weighted by atomic mass is 79.9. The molecule has 0 radical (unpaired) electrons. The van der Waals surface area contributed by atoms with E-state index in [1.165, 1.54) is 0 Å². The number of aromatic nitrogens is 1. The van der Waals surface area contributed by atoms with Crippen LogP contribution in [0.3, 0.4) is 0 Å². The summed E-state index contributed by atoms with van der Waals surface area (Å²) in [6, 6.07) is 21.7. The monoisotopic (exact) mass is 457 g/mol. The van der Waals surface area contributed by atoms with Crippen molar-refractivity contribution in [3.05, 3.63) is 81.2 Å². The molecule has 0 amide bonds. The van der Waals surface area contributed by atoms with Gasteiger partial charge in [0.15, 0.2) is 5.58 Å². The lowest BCUT2D eigenvalue weighted by Gasteiger charge is -2.10. The van der Waals surface area contributed by atoms with Crippen LogP contribution in [0, 0.1) is 0 Å². The average Bonchev–Trinajstić information content (AvgIpc) is 3.04. The number of benzene rings is 3.